The van der Waals surface area contributed by atoms with Gasteiger partial charge in [-0.1, -0.05) is 6.92 Å². The van der Waals surface area contributed by atoms with Crippen molar-refractivity contribution in [3.05, 3.63) is 0 Å². The number of aliphatic carboxylic acids is 1. The first-order valence-corrected chi connectivity index (χ1v) is 5.54. The van der Waals surface area contributed by atoms with E-state index in [2.05, 4.69) is 9.47 Å². The van der Waals surface area contributed by atoms with Gasteiger partial charge in [-0.15, -0.1) is 0 Å². The zero-order chi connectivity index (χ0) is 14.0. The number of carbonyl (C=O) groups is 4. The van der Waals surface area contributed by atoms with Gasteiger partial charge in [-0.2, -0.15) is 0 Å². The van der Waals surface area contributed by atoms with Gasteiger partial charge >= 0.3 is 17.9 Å². The SMILES string of the molecule is CCC(=O)C(=O)OCCCOC(=O)CCC(=O)O. The molecule has 0 aromatic carbocycles. The minimum absolute atomic E-state index is 0.0171. The van der Waals surface area contributed by atoms with E-state index in [-0.39, 0.29) is 38.9 Å². The summed E-state index contributed by atoms with van der Waals surface area (Å²) >= 11 is 0. The summed E-state index contributed by atoms with van der Waals surface area (Å²) in [6, 6.07) is 0. The number of carboxylic acids is 1. The van der Waals surface area contributed by atoms with Gasteiger partial charge in [0.05, 0.1) is 26.1 Å². The Bertz CT molecular complexity index is 321. The lowest BCUT2D eigenvalue weighted by molar-refractivity contribution is -0.154. The predicted octanol–water partition coefficient (Wildman–Crippen LogP) is 0.307. The van der Waals surface area contributed by atoms with Gasteiger partial charge in [0.1, 0.15) is 0 Å². The quantitative estimate of drug-likeness (QED) is 0.361. The predicted molar refractivity (Wildman–Crippen MR) is 58.7 cm³/mol. The average Bonchev–Trinajstić information content (AvgIpc) is 2.34. The minimum atomic E-state index is -1.07. The number of hydrogen-bond donors (Lipinski definition) is 1. The molecule has 0 spiro atoms. The van der Waals surface area contributed by atoms with Crippen LogP contribution in [0.4, 0.5) is 0 Å². The van der Waals surface area contributed by atoms with Crippen LogP contribution < -0.4 is 0 Å². The molecule has 0 saturated heterocycles. The first-order chi connectivity index (χ1) is 8.47. The summed E-state index contributed by atoms with van der Waals surface area (Å²) in [4.78, 5) is 42.8. The molecule has 0 fully saturated rings. The van der Waals surface area contributed by atoms with Crippen LogP contribution in [-0.4, -0.2) is 42.0 Å². The third-order valence-corrected chi connectivity index (χ3v) is 1.88. The lowest BCUT2D eigenvalue weighted by Gasteiger charge is -2.04. The Balaban J connectivity index is 3.51. The Labute approximate surface area is 104 Å². The first kappa shape index (κ1) is 16.1. The van der Waals surface area contributed by atoms with Gasteiger partial charge in [0.15, 0.2) is 0 Å². The monoisotopic (exact) mass is 260 g/mol. The molecule has 0 radical (unpaired) electrons. The van der Waals surface area contributed by atoms with Crippen LogP contribution in [0.1, 0.15) is 32.6 Å². The number of ketones is 1. The number of esters is 2. The highest BCUT2D eigenvalue weighted by Crippen LogP contribution is 1.95. The first-order valence-electron chi connectivity index (χ1n) is 5.54. The molecule has 0 atom stereocenters. The molecule has 0 aliphatic rings. The molecule has 1 N–H and O–H groups in total. The van der Waals surface area contributed by atoms with Gasteiger partial charge in [0.2, 0.25) is 5.78 Å². The zero-order valence-electron chi connectivity index (χ0n) is 10.1. The second-order valence-electron chi connectivity index (χ2n) is 3.38. The van der Waals surface area contributed by atoms with Crippen molar-refractivity contribution < 1.29 is 33.8 Å². The fraction of sp³-hybridized carbons (Fsp3) is 0.636. The van der Waals surface area contributed by atoms with Gasteiger partial charge in [0, 0.05) is 12.8 Å². The van der Waals surface area contributed by atoms with Gasteiger partial charge < -0.3 is 14.6 Å². The van der Waals surface area contributed by atoms with Crippen molar-refractivity contribution in [2.75, 3.05) is 13.2 Å². The Morgan fingerprint density at radius 2 is 1.61 bits per heavy atom. The molecular formula is C11H16O7. The number of Topliss-reactive ketones (excluding diaryl/α,β-unsaturated/α-hetero) is 1. The lowest BCUT2D eigenvalue weighted by Crippen LogP contribution is -2.18. The molecule has 0 aliphatic heterocycles. The lowest BCUT2D eigenvalue weighted by atomic mass is 10.3. The number of hydrogen-bond acceptors (Lipinski definition) is 6. The van der Waals surface area contributed by atoms with E-state index >= 15 is 0 Å². The van der Waals surface area contributed by atoms with Gasteiger partial charge in [-0.3, -0.25) is 14.4 Å². The average molecular weight is 260 g/mol. The topological polar surface area (TPSA) is 107 Å². The van der Waals surface area contributed by atoms with Crippen LogP contribution in [0.3, 0.4) is 0 Å². The van der Waals surface area contributed by atoms with Crippen molar-refractivity contribution in [1.29, 1.82) is 0 Å². The summed E-state index contributed by atoms with van der Waals surface area (Å²) in [5.41, 5.74) is 0. The van der Waals surface area contributed by atoms with Crippen molar-refractivity contribution in [2.45, 2.75) is 32.6 Å². The molecule has 0 bridgehead atoms. The molecule has 7 nitrogen and oxygen atoms in total. The molecule has 0 amide bonds. The molecule has 102 valence electrons. The highest BCUT2D eigenvalue weighted by Gasteiger charge is 2.12. The fourth-order valence-electron chi connectivity index (χ4n) is 0.916. The van der Waals surface area contributed by atoms with Crippen LogP contribution in [0, 0.1) is 0 Å². The number of carboxylic acid groups (broad SMARTS) is 1. The molecule has 0 aromatic rings. The number of rotatable bonds is 9. The molecule has 0 saturated carbocycles. The summed E-state index contributed by atoms with van der Waals surface area (Å²) in [6.45, 7) is 1.55. The van der Waals surface area contributed by atoms with Crippen molar-refractivity contribution >= 4 is 23.7 Å². The maximum atomic E-state index is 11.0. The van der Waals surface area contributed by atoms with Gasteiger partial charge in [-0.25, -0.2) is 4.79 Å². The highest BCUT2D eigenvalue weighted by molar-refractivity contribution is 6.33. The summed E-state index contributed by atoms with van der Waals surface area (Å²) in [6.07, 6.45) is -0.118. The Morgan fingerprint density at radius 1 is 1.00 bits per heavy atom. The summed E-state index contributed by atoms with van der Waals surface area (Å²) in [7, 11) is 0. The van der Waals surface area contributed by atoms with Crippen LogP contribution >= 0.6 is 0 Å². The largest absolute Gasteiger partial charge is 0.481 e. The third kappa shape index (κ3) is 8.26. The van der Waals surface area contributed by atoms with E-state index in [9.17, 15) is 19.2 Å². The van der Waals surface area contributed by atoms with E-state index in [4.69, 9.17) is 5.11 Å². The molecule has 0 aromatic heterocycles. The molecule has 0 aliphatic carbocycles. The van der Waals surface area contributed by atoms with Crippen LogP contribution in [0.25, 0.3) is 0 Å². The van der Waals surface area contributed by atoms with Gasteiger partial charge in [0.25, 0.3) is 0 Å². The van der Waals surface area contributed by atoms with Crippen LogP contribution in [0.15, 0.2) is 0 Å². The number of carbonyl (C=O) groups excluding carboxylic acids is 3. The van der Waals surface area contributed by atoms with Crippen molar-refractivity contribution in [1.82, 2.24) is 0 Å². The summed E-state index contributed by atoms with van der Waals surface area (Å²) < 4.78 is 9.28. The minimum Gasteiger partial charge on any atom is -0.481 e. The normalized spacial score (nSPS) is 9.61. The molecule has 0 rings (SSSR count). The van der Waals surface area contributed by atoms with E-state index in [1.165, 1.54) is 0 Å². The number of ether oxygens (including phenoxy) is 2. The smallest absolute Gasteiger partial charge is 0.374 e. The molecule has 0 heterocycles. The van der Waals surface area contributed by atoms with E-state index in [1.807, 2.05) is 0 Å². The van der Waals surface area contributed by atoms with E-state index < -0.39 is 23.7 Å². The van der Waals surface area contributed by atoms with E-state index in [1.54, 1.807) is 6.92 Å². The van der Waals surface area contributed by atoms with Crippen LogP contribution in [0.5, 0.6) is 0 Å². The van der Waals surface area contributed by atoms with E-state index in [0.29, 0.717) is 0 Å². The van der Waals surface area contributed by atoms with Crippen molar-refractivity contribution in [3.8, 4) is 0 Å². The summed E-state index contributed by atoms with van der Waals surface area (Å²) in [5.74, 6) is -3.18. The van der Waals surface area contributed by atoms with E-state index in [0.717, 1.165) is 0 Å². The Morgan fingerprint density at radius 3 is 2.17 bits per heavy atom. The Hall–Kier alpha value is -1.92. The standard InChI is InChI=1S/C11H16O7/c1-2-8(12)11(16)18-7-3-6-17-10(15)5-4-9(13)14/h2-7H2,1H3,(H,13,14). The Kier molecular flexibility index (Phi) is 8.17. The second-order valence-corrected chi connectivity index (χ2v) is 3.38. The second kappa shape index (κ2) is 9.15. The van der Waals surface area contributed by atoms with Gasteiger partial charge in [-0.05, 0) is 0 Å². The molecule has 0 unspecified atom stereocenters. The molecular weight excluding hydrogens is 244 g/mol. The maximum Gasteiger partial charge on any atom is 0.374 e. The summed E-state index contributed by atoms with van der Waals surface area (Å²) in [5, 5.41) is 8.31. The zero-order valence-corrected chi connectivity index (χ0v) is 10.1. The highest BCUT2D eigenvalue weighted by atomic mass is 16.5. The van der Waals surface area contributed by atoms with Crippen LogP contribution in [0.2, 0.25) is 0 Å². The van der Waals surface area contributed by atoms with Crippen molar-refractivity contribution in [2.24, 2.45) is 0 Å². The third-order valence-electron chi connectivity index (χ3n) is 1.88. The fourth-order valence-corrected chi connectivity index (χ4v) is 0.916. The molecule has 7 heteroatoms. The maximum absolute atomic E-state index is 11.0. The molecule has 18 heavy (non-hydrogen) atoms. The van der Waals surface area contributed by atoms with Crippen molar-refractivity contribution in [3.63, 3.8) is 0 Å². The van der Waals surface area contributed by atoms with Crippen LogP contribution in [-0.2, 0) is 28.7 Å².